The summed E-state index contributed by atoms with van der Waals surface area (Å²) in [6.07, 6.45) is 4.10. The van der Waals surface area contributed by atoms with Crippen LogP contribution in [-0.4, -0.2) is 11.0 Å². The third-order valence-corrected chi connectivity index (χ3v) is 2.01. The molecule has 0 amide bonds. The summed E-state index contributed by atoms with van der Waals surface area (Å²) in [6, 6.07) is 6.21. The quantitative estimate of drug-likeness (QED) is 0.684. The number of rotatable bonds is 2. The summed E-state index contributed by atoms with van der Waals surface area (Å²) in [6.45, 7) is 4.80. The molecule has 0 radical (unpaired) electrons. The van der Waals surface area contributed by atoms with E-state index in [0.717, 1.165) is 5.75 Å². The highest BCUT2D eigenvalue weighted by atomic mass is 16.5. The number of hydrogen-bond acceptors (Lipinski definition) is 1. The molecule has 0 fully saturated rings. The average molecular weight is 175 g/mol. The van der Waals surface area contributed by atoms with Gasteiger partial charge in [0, 0.05) is 11.7 Å². The SMILES string of the molecule is CCOc1ccc2cc(C)cn2c1. The second kappa shape index (κ2) is 3.13. The van der Waals surface area contributed by atoms with E-state index >= 15 is 0 Å². The van der Waals surface area contributed by atoms with Crippen molar-refractivity contribution in [2.45, 2.75) is 13.8 Å². The van der Waals surface area contributed by atoms with Gasteiger partial charge in [0.15, 0.2) is 0 Å². The van der Waals surface area contributed by atoms with Crippen LogP contribution in [0.2, 0.25) is 0 Å². The summed E-state index contributed by atoms with van der Waals surface area (Å²) >= 11 is 0. The van der Waals surface area contributed by atoms with E-state index in [-0.39, 0.29) is 0 Å². The number of aromatic nitrogens is 1. The molecular weight excluding hydrogens is 162 g/mol. The molecule has 0 bridgehead atoms. The minimum atomic E-state index is 0.714. The minimum Gasteiger partial charge on any atom is -0.492 e. The van der Waals surface area contributed by atoms with Crippen LogP contribution in [0, 0.1) is 6.92 Å². The number of fused-ring (bicyclic) bond motifs is 1. The van der Waals surface area contributed by atoms with Crippen LogP contribution in [0.1, 0.15) is 12.5 Å². The van der Waals surface area contributed by atoms with E-state index in [2.05, 4.69) is 29.7 Å². The minimum absolute atomic E-state index is 0.714. The van der Waals surface area contributed by atoms with Crippen LogP contribution in [-0.2, 0) is 0 Å². The Kier molecular flexibility index (Phi) is 1.97. The molecule has 0 atom stereocenters. The van der Waals surface area contributed by atoms with Crippen molar-refractivity contribution in [1.82, 2.24) is 4.40 Å². The normalized spacial score (nSPS) is 10.6. The van der Waals surface area contributed by atoms with Crippen LogP contribution in [0.3, 0.4) is 0 Å². The van der Waals surface area contributed by atoms with Gasteiger partial charge in [-0.1, -0.05) is 0 Å². The summed E-state index contributed by atoms with van der Waals surface area (Å²) < 4.78 is 7.49. The molecule has 0 unspecified atom stereocenters. The Bertz CT molecular complexity index is 417. The maximum Gasteiger partial charge on any atom is 0.135 e. The number of aryl methyl sites for hydroxylation is 1. The average Bonchev–Trinajstić information content (AvgIpc) is 2.44. The molecule has 0 saturated heterocycles. The molecule has 13 heavy (non-hydrogen) atoms. The Labute approximate surface area is 77.8 Å². The van der Waals surface area contributed by atoms with Gasteiger partial charge in [-0.05, 0) is 37.6 Å². The smallest absolute Gasteiger partial charge is 0.135 e. The third kappa shape index (κ3) is 1.52. The zero-order valence-corrected chi connectivity index (χ0v) is 7.95. The van der Waals surface area contributed by atoms with Crippen LogP contribution >= 0.6 is 0 Å². The first kappa shape index (κ1) is 8.17. The molecule has 0 aliphatic rings. The first-order chi connectivity index (χ1) is 6.29. The summed E-state index contributed by atoms with van der Waals surface area (Å²) in [7, 11) is 0. The lowest BCUT2D eigenvalue weighted by atomic mass is 10.3. The van der Waals surface area contributed by atoms with Crippen molar-refractivity contribution < 1.29 is 4.74 Å². The van der Waals surface area contributed by atoms with Crippen LogP contribution in [0.5, 0.6) is 5.75 Å². The highest BCUT2D eigenvalue weighted by molar-refractivity contribution is 5.51. The fourth-order valence-electron chi connectivity index (χ4n) is 1.48. The molecule has 0 N–H and O–H groups in total. The molecule has 2 heteroatoms. The molecule has 2 rings (SSSR count). The lowest BCUT2D eigenvalue weighted by Gasteiger charge is -2.02. The second-order valence-corrected chi connectivity index (χ2v) is 3.15. The van der Waals surface area contributed by atoms with Gasteiger partial charge in [-0.25, -0.2) is 0 Å². The highest BCUT2D eigenvalue weighted by Gasteiger charge is 1.97. The molecular formula is C11H13NO. The number of pyridine rings is 1. The summed E-state index contributed by atoms with van der Waals surface area (Å²) in [5.41, 5.74) is 2.48. The van der Waals surface area contributed by atoms with Crippen molar-refractivity contribution in [3.05, 3.63) is 36.2 Å². The standard InChI is InChI=1S/C11H13NO/c1-3-13-11-5-4-10-6-9(2)7-12(10)8-11/h4-8H,3H2,1-2H3. The lowest BCUT2D eigenvalue weighted by molar-refractivity contribution is 0.338. The largest absolute Gasteiger partial charge is 0.492 e. The molecule has 68 valence electrons. The Balaban J connectivity index is 2.48. The van der Waals surface area contributed by atoms with Gasteiger partial charge in [0.05, 0.1) is 12.8 Å². The molecule has 0 aliphatic heterocycles. The van der Waals surface area contributed by atoms with Crippen molar-refractivity contribution in [3.63, 3.8) is 0 Å². The van der Waals surface area contributed by atoms with Crippen molar-refractivity contribution in [3.8, 4) is 5.75 Å². The van der Waals surface area contributed by atoms with E-state index < -0.39 is 0 Å². The summed E-state index contributed by atoms with van der Waals surface area (Å²) in [4.78, 5) is 0. The Hall–Kier alpha value is -1.44. The van der Waals surface area contributed by atoms with E-state index in [4.69, 9.17) is 4.74 Å². The predicted octanol–water partition coefficient (Wildman–Crippen LogP) is 2.65. The van der Waals surface area contributed by atoms with Crippen molar-refractivity contribution >= 4 is 5.52 Å². The molecule has 2 heterocycles. The van der Waals surface area contributed by atoms with Crippen molar-refractivity contribution in [2.75, 3.05) is 6.61 Å². The maximum absolute atomic E-state index is 5.40. The lowest BCUT2D eigenvalue weighted by Crippen LogP contribution is -1.92. The van der Waals surface area contributed by atoms with E-state index in [1.807, 2.05) is 19.2 Å². The predicted molar refractivity (Wildman–Crippen MR) is 53.3 cm³/mol. The molecule has 2 aromatic heterocycles. The molecule has 2 nitrogen and oxygen atoms in total. The topological polar surface area (TPSA) is 13.6 Å². The maximum atomic E-state index is 5.40. The molecule has 0 aromatic carbocycles. The van der Waals surface area contributed by atoms with Gasteiger partial charge in [0.25, 0.3) is 0 Å². The van der Waals surface area contributed by atoms with Gasteiger partial charge >= 0.3 is 0 Å². The molecule has 0 aliphatic carbocycles. The van der Waals surface area contributed by atoms with Gasteiger partial charge < -0.3 is 9.14 Å². The van der Waals surface area contributed by atoms with Gasteiger partial charge in [0.2, 0.25) is 0 Å². The van der Waals surface area contributed by atoms with Crippen LogP contribution < -0.4 is 4.74 Å². The van der Waals surface area contributed by atoms with Gasteiger partial charge in [-0.2, -0.15) is 0 Å². The fraction of sp³-hybridized carbons (Fsp3) is 0.273. The Morgan fingerprint density at radius 3 is 2.92 bits per heavy atom. The van der Waals surface area contributed by atoms with Crippen molar-refractivity contribution in [1.29, 1.82) is 0 Å². The first-order valence-corrected chi connectivity index (χ1v) is 4.51. The van der Waals surface area contributed by atoms with Crippen LogP contribution in [0.4, 0.5) is 0 Å². The Morgan fingerprint density at radius 1 is 1.31 bits per heavy atom. The number of hydrogen-bond donors (Lipinski definition) is 0. The summed E-state index contributed by atoms with van der Waals surface area (Å²) in [5.74, 6) is 0.922. The van der Waals surface area contributed by atoms with E-state index in [9.17, 15) is 0 Å². The van der Waals surface area contributed by atoms with Gasteiger partial charge in [-0.3, -0.25) is 0 Å². The highest BCUT2D eigenvalue weighted by Crippen LogP contribution is 2.15. The monoisotopic (exact) mass is 175 g/mol. The third-order valence-electron chi connectivity index (χ3n) is 2.01. The number of ether oxygens (including phenoxy) is 1. The van der Waals surface area contributed by atoms with Crippen molar-refractivity contribution in [2.24, 2.45) is 0 Å². The summed E-state index contributed by atoms with van der Waals surface area (Å²) in [5, 5.41) is 0. The number of nitrogens with zero attached hydrogens (tertiary/aromatic N) is 1. The van der Waals surface area contributed by atoms with Crippen LogP contribution in [0.15, 0.2) is 30.6 Å². The molecule has 2 aromatic rings. The zero-order valence-electron chi connectivity index (χ0n) is 7.95. The van der Waals surface area contributed by atoms with Gasteiger partial charge in [-0.15, -0.1) is 0 Å². The fourth-order valence-corrected chi connectivity index (χ4v) is 1.48. The van der Waals surface area contributed by atoms with E-state index in [1.165, 1.54) is 11.1 Å². The first-order valence-electron chi connectivity index (χ1n) is 4.51. The van der Waals surface area contributed by atoms with E-state index in [0.29, 0.717) is 6.61 Å². The van der Waals surface area contributed by atoms with Crippen LogP contribution in [0.25, 0.3) is 5.52 Å². The van der Waals surface area contributed by atoms with E-state index in [1.54, 1.807) is 0 Å². The zero-order chi connectivity index (χ0) is 9.26. The van der Waals surface area contributed by atoms with Gasteiger partial charge in [0.1, 0.15) is 5.75 Å². The molecule has 0 spiro atoms. The second-order valence-electron chi connectivity index (χ2n) is 3.15. The molecule has 0 saturated carbocycles. The Morgan fingerprint density at radius 2 is 2.15 bits per heavy atom.